The SMILES string of the molecule is Nc1ccccc1NC(=O)c1ccc(CCn2cc3ccccc3n2)cc1. The number of nitrogens with zero attached hydrogens (tertiary/aromatic N) is 2. The molecule has 0 fully saturated rings. The molecular formula is C22H20N4O. The molecule has 134 valence electrons. The van der Waals surface area contributed by atoms with Crippen molar-refractivity contribution in [3.63, 3.8) is 0 Å². The summed E-state index contributed by atoms with van der Waals surface area (Å²) in [7, 11) is 0. The Morgan fingerprint density at radius 3 is 2.48 bits per heavy atom. The number of nitrogens with two attached hydrogens (primary N) is 1. The number of para-hydroxylation sites is 2. The van der Waals surface area contributed by atoms with Crippen molar-refractivity contribution in [1.82, 2.24) is 9.78 Å². The Bertz CT molecular complexity index is 1050. The number of carbonyl (C=O) groups excluding carboxylic acids is 1. The van der Waals surface area contributed by atoms with Gasteiger partial charge in [0.05, 0.1) is 16.9 Å². The molecule has 0 spiro atoms. The zero-order valence-electron chi connectivity index (χ0n) is 14.8. The van der Waals surface area contributed by atoms with Crippen LogP contribution in [0.1, 0.15) is 15.9 Å². The molecule has 3 aromatic carbocycles. The van der Waals surface area contributed by atoms with Crippen LogP contribution in [0.25, 0.3) is 10.9 Å². The molecule has 5 heteroatoms. The van der Waals surface area contributed by atoms with Gasteiger partial charge in [0.2, 0.25) is 0 Å². The third-order valence-corrected chi connectivity index (χ3v) is 4.52. The van der Waals surface area contributed by atoms with E-state index in [9.17, 15) is 4.79 Å². The third kappa shape index (κ3) is 3.82. The van der Waals surface area contributed by atoms with Crippen LogP contribution in [-0.2, 0) is 13.0 Å². The van der Waals surface area contributed by atoms with Crippen LogP contribution in [0, 0.1) is 0 Å². The van der Waals surface area contributed by atoms with E-state index in [0.717, 1.165) is 29.4 Å². The molecular weight excluding hydrogens is 336 g/mol. The lowest BCUT2D eigenvalue weighted by Gasteiger charge is -2.08. The molecule has 0 saturated heterocycles. The summed E-state index contributed by atoms with van der Waals surface area (Å²) in [5, 5.41) is 8.55. The van der Waals surface area contributed by atoms with Crippen molar-refractivity contribution < 1.29 is 4.79 Å². The summed E-state index contributed by atoms with van der Waals surface area (Å²) >= 11 is 0. The predicted molar refractivity (Wildman–Crippen MR) is 109 cm³/mol. The lowest BCUT2D eigenvalue weighted by molar-refractivity contribution is 0.102. The van der Waals surface area contributed by atoms with Crippen LogP contribution < -0.4 is 11.1 Å². The zero-order chi connectivity index (χ0) is 18.6. The molecule has 27 heavy (non-hydrogen) atoms. The molecule has 0 aliphatic rings. The first kappa shape index (κ1) is 16.8. The zero-order valence-corrected chi connectivity index (χ0v) is 14.8. The number of hydrogen-bond acceptors (Lipinski definition) is 3. The van der Waals surface area contributed by atoms with Gasteiger partial charge in [0, 0.05) is 23.7 Å². The molecule has 0 radical (unpaired) electrons. The Balaban J connectivity index is 1.39. The van der Waals surface area contributed by atoms with Gasteiger partial charge in [-0.2, -0.15) is 5.10 Å². The van der Waals surface area contributed by atoms with Crippen molar-refractivity contribution in [2.45, 2.75) is 13.0 Å². The summed E-state index contributed by atoms with van der Waals surface area (Å²) < 4.78 is 1.96. The molecule has 0 saturated carbocycles. The minimum absolute atomic E-state index is 0.169. The third-order valence-electron chi connectivity index (χ3n) is 4.52. The van der Waals surface area contributed by atoms with E-state index in [1.54, 1.807) is 12.1 Å². The molecule has 5 nitrogen and oxygen atoms in total. The highest BCUT2D eigenvalue weighted by atomic mass is 16.1. The highest BCUT2D eigenvalue weighted by Gasteiger charge is 2.08. The van der Waals surface area contributed by atoms with Gasteiger partial charge in [0.1, 0.15) is 0 Å². The fourth-order valence-corrected chi connectivity index (χ4v) is 3.00. The molecule has 0 unspecified atom stereocenters. The van der Waals surface area contributed by atoms with Gasteiger partial charge in [-0.15, -0.1) is 0 Å². The topological polar surface area (TPSA) is 72.9 Å². The van der Waals surface area contributed by atoms with Gasteiger partial charge in [-0.3, -0.25) is 9.48 Å². The number of anilines is 2. The van der Waals surface area contributed by atoms with Crippen LogP contribution in [0.15, 0.2) is 79.0 Å². The van der Waals surface area contributed by atoms with Crippen molar-refractivity contribution in [2.75, 3.05) is 11.1 Å². The van der Waals surface area contributed by atoms with Crippen molar-refractivity contribution in [3.05, 3.63) is 90.1 Å². The second-order valence-corrected chi connectivity index (χ2v) is 6.44. The van der Waals surface area contributed by atoms with Crippen molar-refractivity contribution in [1.29, 1.82) is 0 Å². The minimum atomic E-state index is -0.169. The lowest BCUT2D eigenvalue weighted by Crippen LogP contribution is -2.13. The van der Waals surface area contributed by atoms with Gasteiger partial charge in [0.15, 0.2) is 0 Å². The van der Waals surface area contributed by atoms with E-state index >= 15 is 0 Å². The fourth-order valence-electron chi connectivity index (χ4n) is 3.00. The van der Waals surface area contributed by atoms with E-state index in [4.69, 9.17) is 5.73 Å². The van der Waals surface area contributed by atoms with Crippen LogP contribution in [-0.4, -0.2) is 15.7 Å². The maximum Gasteiger partial charge on any atom is 0.255 e. The molecule has 4 aromatic rings. The second kappa shape index (κ2) is 7.33. The number of rotatable bonds is 5. The number of nitrogen functional groups attached to an aromatic ring is 1. The quantitative estimate of drug-likeness (QED) is 0.529. The smallest absolute Gasteiger partial charge is 0.255 e. The molecule has 0 aliphatic heterocycles. The Labute approximate surface area is 157 Å². The van der Waals surface area contributed by atoms with Gasteiger partial charge in [-0.05, 0) is 42.3 Å². The van der Waals surface area contributed by atoms with E-state index in [0.29, 0.717) is 16.9 Å². The molecule has 1 aromatic heterocycles. The molecule has 1 heterocycles. The molecule has 4 rings (SSSR count). The number of carbonyl (C=O) groups is 1. The van der Waals surface area contributed by atoms with E-state index in [1.165, 1.54) is 0 Å². The predicted octanol–water partition coefficient (Wildman–Crippen LogP) is 4.11. The van der Waals surface area contributed by atoms with Gasteiger partial charge >= 0.3 is 0 Å². The maximum absolute atomic E-state index is 12.4. The summed E-state index contributed by atoms with van der Waals surface area (Å²) in [4.78, 5) is 12.4. The Hall–Kier alpha value is -3.60. The highest BCUT2D eigenvalue weighted by Crippen LogP contribution is 2.18. The summed E-state index contributed by atoms with van der Waals surface area (Å²) in [6.45, 7) is 0.792. The largest absolute Gasteiger partial charge is 0.397 e. The van der Waals surface area contributed by atoms with Crippen LogP contribution in [0.4, 0.5) is 11.4 Å². The number of hydrogen-bond donors (Lipinski definition) is 2. The lowest BCUT2D eigenvalue weighted by atomic mass is 10.1. The Kier molecular flexibility index (Phi) is 4.58. The highest BCUT2D eigenvalue weighted by molar-refractivity contribution is 6.05. The van der Waals surface area contributed by atoms with Gasteiger partial charge in [-0.1, -0.05) is 42.5 Å². The first-order valence-electron chi connectivity index (χ1n) is 8.86. The fraction of sp³-hybridized carbons (Fsp3) is 0.0909. The first-order valence-corrected chi connectivity index (χ1v) is 8.86. The Morgan fingerprint density at radius 2 is 1.70 bits per heavy atom. The van der Waals surface area contributed by atoms with Gasteiger partial charge in [-0.25, -0.2) is 0 Å². The molecule has 0 bridgehead atoms. The standard InChI is InChI=1S/C22H20N4O/c23-19-6-2-4-8-21(19)24-22(27)17-11-9-16(10-12-17)13-14-26-15-18-5-1-3-7-20(18)25-26/h1-12,15H,13-14,23H2,(H,24,27). The van der Waals surface area contributed by atoms with Crippen molar-refractivity contribution in [2.24, 2.45) is 0 Å². The maximum atomic E-state index is 12.4. The van der Waals surface area contributed by atoms with E-state index < -0.39 is 0 Å². The number of nitrogens with one attached hydrogen (secondary N) is 1. The number of aromatic nitrogens is 2. The molecule has 0 aliphatic carbocycles. The number of amides is 1. The van der Waals surface area contributed by atoms with E-state index in [2.05, 4.69) is 22.7 Å². The van der Waals surface area contributed by atoms with Crippen LogP contribution in [0.3, 0.4) is 0 Å². The average molecular weight is 356 g/mol. The van der Waals surface area contributed by atoms with Crippen LogP contribution in [0.5, 0.6) is 0 Å². The minimum Gasteiger partial charge on any atom is -0.397 e. The average Bonchev–Trinajstić information content (AvgIpc) is 3.11. The number of aryl methyl sites for hydroxylation is 2. The van der Waals surface area contributed by atoms with E-state index in [1.807, 2.05) is 59.3 Å². The summed E-state index contributed by atoms with van der Waals surface area (Å²) in [6, 6.07) is 22.9. The number of benzene rings is 3. The summed E-state index contributed by atoms with van der Waals surface area (Å²) in [5.41, 5.74) is 9.81. The van der Waals surface area contributed by atoms with Crippen molar-refractivity contribution >= 4 is 28.2 Å². The van der Waals surface area contributed by atoms with Crippen LogP contribution >= 0.6 is 0 Å². The van der Waals surface area contributed by atoms with E-state index in [-0.39, 0.29) is 5.91 Å². The summed E-state index contributed by atoms with van der Waals surface area (Å²) in [6.07, 6.45) is 2.91. The molecule has 3 N–H and O–H groups in total. The Morgan fingerprint density at radius 1 is 0.963 bits per heavy atom. The molecule has 1 amide bonds. The first-order chi connectivity index (χ1) is 13.2. The van der Waals surface area contributed by atoms with Crippen LogP contribution in [0.2, 0.25) is 0 Å². The number of fused-ring (bicyclic) bond motifs is 1. The van der Waals surface area contributed by atoms with Crippen molar-refractivity contribution in [3.8, 4) is 0 Å². The van der Waals surface area contributed by atoms with Gasteiger partial charge in [0.25, 0.3) is 5.91 Å². The molecule has 0 atom stereocenters. The normalized spacial score (nSPS) is 10.8. The monoisotopic (exact) mass is 356 g/mol. The second-order valence-electron chi connectivity index (χ2n) is 6.44. The van der Waals surface area contributed by atoms with Gasteiger partial charge < -0.3 is 11.1 Å². The summed E-state index contributed by atoms with van der Waals surface area (Å²) in [5.74, 6) is -0.169.